The maximum Gasteiger partial charge on any atom is 0.212 e. The summed E-state index contributed by atoms with van der Waals surface area (Å²) < 4.78 is 10.9. The van der Waals surface area contributed by atoms with E-state index in [1.54, 1.807) is 0 Å². The average Bonchev–Trinajstić information content (AvgIpc) is 2.37. The van der Waals surface area contributed by atoms with Crippen molar-refractivity contribution in [3.63, 3.8) is 0 Å². The van der Waals surface area contributed by atoms with Crippen molar-refractivity contribution in [2.45, 2.75) is 32.1 Å². The van der Waals surface area contributed by atoms with Crippen molar-refractivity contribution in [1.82, 2.24) is 0 Å². The number of pyridine rings is 1. The predicted octanol–water partition coefficient (Wildman–Crippen LogP) is 3.54. The Labute approximate surface area is 116 Å². The summed E-state index contributed by atoms with van der Waals surface area (Å²) in [6.45, 7) is 2.16. The SMILES string of the molecule is [2H]C12CC(Cc3c[n+](C)c(-c4ccccc4C)cc31)C2. The molecule has 1 aromatic heterocycles. The van der Waals surface area contributed by atoms with Crippen molar-refractivity contribution in [3.8, 4) is 11.3 Å². The van der Waals surface area contributed by atoms with Crippen LogP contribution in [0.4, 0.5) is 0 Å². The van der Waals surface area contributed by atoms with Crippen LogP contribution in [-0.4, -0.2) is 0 Å². The van der Waals surface area contributed by atoms with Gasteiger partial charge in [-0.3, -0.25) is 0 Å². The molecule has 0 N–H and O–H groups in total. The molecule has 0 unspecified atom stereocenters. The molecule has 0 saturated heterocycles. The standard InChI is InChI=1S/C18H20N/c1-12-5-3-4-6-16(12)18-10-17-14-7-13(8-14)9-15(17)11-19(18)2/h3-6,10-11,13-14H,7-9H2,1-2H3/q+1/i14D. The lowest BCUT2D eigenvalue weighted by Crippen LogP contribution is -2.37. The van der Waals surface area contributed by atoms with Gasteiger partial charge in [-0.15, -0.1) is 0 Å². The molecule has 1 nitrogen and oxygen atoms in total. The highest BCUT2D eigenvalue weighted by Crippen LogP contribution is 2.49. The van der Waals surface area contributed by atoms with Crippen LogP contribution in [-0.2, 0) is 13.5 Å². The van der Waals surface area contributed by atoms with Crippen molar-refractivity contribution >= 4 is 0 Å². The summed E-state index contributed by atoms with van der Waals surface area (Å²) in [5.41, 5.74) is 6.48. The molecule has 1 fully saturated rings. The molecule has 1 heterocycles. The smallest absolute Gasteiger partial charge is 0.201 e. The number of nitrogens with zero attached hydrogens (tertiary/aromatic N) is 1. The first kappa shape index (κ1) is 10.2. The summed E-state index contributed by atoms with van der Waals surface area (Å²) in [6.07, 6.45) is 5.53. The van der Waals surface area contributed by atoms with Gasteiger partial charge >= 0.3 is 0 Å². The van der Waals surface area contributed by atoms with Gasteiger partial charge in [0.1, 0.15) is 7.05 Å². The first-order valence-electron chi connectivity index (χ1n) is 7.66. The van der Waals surface area contributed by atoms with E-state index in [0.29, 0.717) is 0 Å². The van der Waals surface area contributed by atoms with Crippen molar-refractivity contribution in [2.24, 2.45) is 13.0 Å². The van der Waals surface area contributed by atoms with Crippen LogP contribution < -0.4 is 4.57 Å². The molecule has 3 aliphatic rings. The second-order valence-corrected chi connectivity index (χ2v) is 6.11. The topological polar surface area (TPSA) is 3.88 Å². The van der Waals surface area contributed by atoms with Gasteiger partial charge in [0.2, 0.25) is 5.69 Å². The third-order valence-electron chi connectivity index (χ3n) is 4.74. The summed E-state index contributed by atoms with van der Waals surface area (Å²) in [5, 5.41) is 0. The maximum atomic E-state index is 8.65. The van der Waals surface area contributed by atoms with Gasteiger partial charge in [-0.05, 0) is 55.2 Å². The van der Waals surface area contributed by atoms with E-state index in [4.69, 9.17) is 1.37 Å². The monoisotopic (exact) mass is 251 g/mol. The van der Waals surface area contributed by atoms with Crippen LogP contribution in [0.2, 0.25) is 0 Å². The molecule has 2 bridgehead atoms. The van der Waals surface area contributed by atoms with E-state index >= 15 is 0 Å². The van der Waals surface area contributed by atoms with E-state index < -0.39 is 0 Å². The first-order chi connectivity index (χ1) is 9.57. The van der Waals surface area contributed by atoms with Crippen LogP contribution in [0.5, 0.6) is 0 Å². The second-order valence-electron chi connectivity index (χ2n) is 6.11. The Morgan fingerprint density at radius 2 is 2.05 bits per heavy atom. The minimum Gasteiger partial charge on any atom is -0.201 e. The molecule has 2 aromatic rings. The highest BCUT2D eigenvalue weighted by molar-refractivity contribution is 5.62. The third kappa shape index (κ3) is 1.64. The summed E-state index contributed by atoms with van der Waals surface area (Å²) in [5.74, 6) is 0.452. The van der Waals surface area contributed by atoms with E-state index in [1.807, 2.05) is 0 Å². The zero-order chi connectivity index (χ0) is 13.9. The lowest BCUT2D eigenvalue weighted by molar-refractivity contribution is -0.661. The molecule has 96 valence electrons. The molecule has 19 heavy (non-hydrogen) atoms. The highest BCUT2D eigenvalue weighted by Gasteiger charge is 2.38. The Morgan fingerprint density at radius 1 is 1.26 bits per heavy atom. The molecule has 0 aliphatic heterocycles. The van der Waals surface area contributed by atoms with Gasteiger partial charge in [0.25, 0.3) is 0 Å². The Balaban J connectivity index is 1.92. The third-order valence-corrected chi connectivity index (χ3v) is 4.74. The van der Waals surface area contributed by atoms with Gasteiger partial charge in [0.15, 0.2) is 6.20 Å². The van der Waals surface area contributed by atoms with Crippen LogP contribution in [0.15, 0.2) is 36.5 Å². The largest absolute Gasteiger partial charge is 0.212 e. The second kappa shape index (κ2) is 3.93. The van der Waals surface area contributed by atoms with Gasteiger partial charge in [-0.1, -0.05) is 18.2 Å². The summed E-state index contributed by atoms with van der Waals surface area (Å²) in [7, 11) is 2.12. The van der Waals surface area contributed by atoms with Crippen molar-refractivity contribution in [2.75, 3.05) is 0 Å². The van der Waals surface area contributed by atoms with Gasteiger partial charge in [0.05, 0.1) is 0 Å². The Kier molecular flexibility index (Phi) is 2.11. The number of aromatic nitrogens is 1. The lowest BCUT2D eigenvalue weighted by atomic mass is 9.63. The van der Waals surface area contributed by atoms with E-state index in [-0.39, 0.29) is 5.89 Å². The number of rotatable bonds is 1. The van der Waals surface area contributed by atoms with Crippen molar-refractivity contribution in [3.05, 3.63) is 53.2 Å². The number of hydrogen-bond acceptors (Lipinski definition) is 0. The molecular formula is C18H20N+. The van der Waals surface area contributed by atoms with E-state index in [9.17, 15) is 0 Å². The van der Waals surface area contributed by atoms with Crippen LogP contribution in [0.25, 0.3) is 11.3 Å². The molecule has 5 rings (SSSR count). The first-order valence-corrected chi connectivity index (χ1v) is 7.16. The molecule has 1 heteroatoms. The Morgan fingerprint density at radius 3 is 2.84 bits per heavy atom. The van der Waals surface area contributed by atoms with Crippen LogP contribution in [0.3, 0.4) is 0 Å². The number of aryl methyl sites for hydroxylation is 2. The van der Waals surface area contributed by atoms with Gasteiger partial charge < -0.3 is 0 Å². The van der Waals surface area contributed by atoms with Crippen LogP contribution >= 0.6 is 0 Å². The molecule has 1 aromatic carbocycles. The molecule has 0 amide bonds. The summed E-state index contributed by atoms with van der Waals surface area (Å²) >= 11 is 0. The fourth-order valence-electron chi connectivity index (χ4n) is 3.64. The molecule has 1 saturated carbocycles. The van der Waals surface area contributed by atoms with Crippen molar-refractivity contribution in [1.29, 1.82) is 0 Å². The maximum absolute atomic E-state index is 8.65. The van der Waals surface area contributed by atoms with Crippen LogP contribution in [0, 0.1) is 12.8 Å². The van der Waals surface area contributed by atoms with Gasteiger partial charge in [-0.2, -0.15) is 0 Å². The molecule has 0 atom stereocenters. The normalized spacial score (nSPS) is 28.3. The molecule has 0 spiro atoms. The highest BCUT2D eigenvalue weighted by atomic mass is 14.9. The molecule has 0 radical (unpaired) electrons. The van der Waals surface area contributed by atoms with E-state index in [1.165, 1.54) is 27.9 Å². The fourth-order valence-corrected chi connectivity index (χ4v) is 3.64. The minimum atomic E-state index is -0.302. The number of hydrogen-bond donors (Lipinski definition) is 0. The van der Waals surface area contributed by atoms with Gasteiger partial charge in [-0.25, -0.2) is 4.57 Å². The van der Waals surface area contributed by atoms with E-state index in [2.05, 4.69) is 55.1 Å². The van der Waals surface area contributed by atoms with Crippen LogP contribution in [0.1, 0.15) is 36.8 Å². The summed E-state index contributed by atoms with van der Waals surface area (Å²) in [6, 6.07) is 10.8. The van der Waals surface area contributed by atoms with Gasteiger partial charge in [0, 0.05) is 18.6 Å². The predicted molar refractivity (Wildman–Crippen MR) is 77.0 cm³/mol. The molecular weight excluding hydrogens is 230 g/mol. The number of benzene rings is 1. The van der Waals surface area contributed by atoms with Crippen molar-refractivity contribution < 1.29 is 5.94 Å². The van der Waals surface area contributed by atoms with E-state index in [0.717, 1.165) is 25.2 Å². The average molecular weight is 251 g/mol. The fraction of sp³-hybridized carbons (Fsp3) is 0.389. The molecule has 3 aliphatic carbocycles. The zero-order valence-corrected chi connectivity index (χ0v) is 11.6. The Hall–Kier alpha value is -1.63. The zero-order valence-electron chi connectivity index (χ0n) is 12.6. The lowest BCUT2D eigenvalue weighted by Gasteiger charge is -2.41. The Bertz CT molecular complexity index is 699. The summed E-state index contributed by atoms with van der Waals surface area (Å²) in [4.78, 5) is 0. The quantitative estimate of drug-likeness (QED) is 0.683. The minimum absolute atomic E-state index is 0.302.